The number of aryl methyl sites for hydroxylation is 2. The van der Waals surface area contributed by atoms with Crippen LogP contribution in [0.5, 0.6) is 0 Å². The third-order valence-electron chi connectivity index (χ3n) is 3.54. The second-order valence-electron chi connectivity index (χ2n) is 4.99. The Morgan fingerprint density at radius 1 is 1.65 bits per heavy atom. The summed E-state index contributed by atoms with van der Waals surface area (Å²) in [4.78, 5) is 0. The van der Waals surface area contributed by atoms with Crippen LogP contribution in [-0.4, -0.2) is 28.5 Å². The molecule has 0 radical (unpaired) electrons. The predicted octanol–water partition coefficient (Wildman–Crippen LogP) is 1.68. The van der Waals surface area contributed by atoms with Crippen molar-refractivity contribution in [2.75, 3.05) is 6.61 Å². The molecule has 2 heterocycles. The largest absolute Gasteiger partial charge is 0.378 e. The smallest absolute Gasteiger partial charge is 0.130 e. The van der Waals surface area contributed by atoms with Gasteiger partial charge in [0.25, 0.3) is 0 Å². The summed E-state index contributed by atoms with van der Waals surface area (Å²) in [5.41, 5.74) is 8.29. The summed E-state index contributed by atoms with van der Waals surface area (Å²) in [6.45, 7) is 4.83. The Balaban J connectivity index is 2.05. The minimum Gasteiger partial charge on any atom is -0.378 e. The monoisotopic (exact) mass is 257 g/mol. The lowest BCUT2D eigenvalue weighted by Gasteiger charge is -2.17. The first-order valence-electron chi connectivity index (χ1n) is 6.04. The molecule has 0 aliphatic carbocycles. The first kappa shape index (κ1) is 12.9. The van der Waals surface area contributed by atoms with Crippen molar-refractivity contribution in [2.24, 2.45) is 18.7 Å². The van der Waals surface area contributed by atoms with Crippen LogP contribution in [0.15, 0.2) is 0 Å². The number of ether oxygens (including phenoxy) is 1. The van der Waals surface area contributed by atoms with E-state index in [4.69, 9.17) is 22.1 Å². The van der Waals surface area contributed by atoms with E-state index in [-0.39, 0.29) is 6.04 Å². The van der Waals surface area contributed by atoms with E-state index in [2.05, 4.69) is 12.0 Å². The fourth-order valence-corrected chi connectivity index (χ4v) is 2.71. The molecule has 3 unspecified atom stereocenters. The lowest BCUT2D eigenvalue weighted by atomic mass is 9.92. The van der Waals surface area contributed by atoms with Crippen LogP contribution in [0.1, 0.15) is 24.6 Å². The number of halogens is 1. The second-order valence-corrected chi connectivity index (χ2v) is 5.34. The highest BCUT2D eigenvalue weighted by molar-refractivity contribution is 6.30. The number of aromatic nitrogens is 2. The maximum atomic E-state index is 6.24. The van der Waals surface area contributed by atoms with Crippen molar-refractivity contribution in [3.05, 3.63) is 16.4 Å². The van der Waals surface area contributed by atoms with Crippen LogP contribution in [0.25, 0.3) is 0 Å². The SMILES string of the molecule is Cc1nn(C)c(Cl)c1CC(N)C1COC(C)C1. The molecule has 96 valence electrons. The fourth-order valence-electron chi connectivity index (χ4n) is 2.46. The molecule has 0 aromatic carbocycles. The number of rotatable bonds is 3. The van der Waals surface area contributed by atoms with Crippen molar-refractivity contribution in [3.8, 4) is 0 Å². The van der Waals surface area contributed by atoms with E-state index in [0.29, 0.717) is 17.2 Å². The Morgan fingerprint density at radius 2 is 2.35 bits per heavy atom. The van der Waals surface area contributed by atoms with Gasteiger partial charge in [-0.2, -0.15) is 5.10 Å². The molecular weight excluding hydrogens is 238 g/mol. The minimum atomic E-state index is 0.0975. The Labute approximate surface area is 107 Å². The van der Waals surface area contributed by atoms with Crippen LogP contribution in [0.4, 0.5) is 0 Å². The van der Waals surface area contributed by atoms with Crippen LogP contribution in [-0.2, 0) is 18.2 Å². The molecule has 1 fully saturated rings. The zero-order valence-corrected chi connectivity index (χ0v) is 11.4. The molecule has 0 amide bonds. The van der Waals surface area contributed by atoms with Gasteiger partial charge in [-0.25, -0.2) is 0 Å². The Bertz CT molecular complexity index is 405. The predicted molar refractivity (Wildman–Crippen MR) is 68.2 cm³/mol. The first-order valence-corrected chi connectivity index (χ1v) is 6.42. The molecule has 0 bridgehead atoms. The van der Waals surface area contributed by atoms with E-state index in [1.807, 2.05) is 14.0 Å². The average molecular weight is 258 g/mol. The minimum absolute atomic E-state index is 0.0975. The van der Waals surface area contributed by atoms with E-state index in [1.54, 1.807) is 4.68 Å². The normalized spacial score (nSPS) is 26.4. The highest BCUT2D eigenvalue weighted by atomic mass is 35.5. The number of hydrogen-bond acceptors (Lipinski definition) is 3. The van der Waals surface area contributed by atoms with Crippen molar-refractivity contribution in [1.82, 2.24) is 9.78 Å². The third kappa shape index (κ3) is 2.64. The molecular formula is C12H20ClN3O. The van der Waals surface area contributed by atoms with E-state index in [1.165, 1.54) is 0 Å². The van der Waals surface area contributed by atoms with Gasteiger partial charge in [-0.1, -0.05) is 11.6 Å². The maximum Gasteiger partial charge on any atom is 0.130 e. The maximum absolute atomic E-state index is 6.24. The van der Waals surface area contributed by atoms with Gasteiger partial charge in [-0.15, -0.1) is 0 Å². The summed E-state index contributed by atoms with van der Waals surface area (Å²) in [5.74, 6) is 0.431. The van der Waals surface area contributed by atoms with Gasteiger partial charge in [-0.3, -0.25) is 4.68 Å². The zero-order chi connectivity index (χ0) is 12.6. The van der Waals surface area contributed by atoms with Gasteiger partial charge in [0, 0.05) is 24.6 Å². The molecule has 2 rings (SSSR count). The average Bonchev–Trinajstić information content (AvgIpc) is 2.79. The molecule has 2 N–H and O–H groups in total. The number of hydrogen-bond donors (Lipinski definition) is 1. The van der Waals surface area contributed by atoms with Gasteiger partial charge in [-0.05, 0) is 26.7 Å². The number of nitrogens with two attached hydrogens (primary N) is 1. The van der Waals surface area contributed by atoms with E-state index >= 15 is 0 Å². The highest BCUT2D eigenvalue weighted by Crippen LogP contribution is 2.26. The molecule has 17 heavy (non-hydrogen) atoms. The van der Waals surface area contributed by atoms with Gasteiger partial charge in [0.2, 0.25) is 0 Å². The lowest BCUT2D eigenvalue weighted by Crippen LogP contribution is -2.33. The zero-order valence-electron chi connectivity index (χ0n) is 10.6. The fraction of sp³-hybridized carbons (Fsp3) is 0.750. The van der Waals surface area contributed by atoms with E-state index in [9.17, 15) is 0 Å². The lowest BCUT2D eigenvalue weighted by molar-refractivity contribution is 0.118. The van der Waals surface area contributed by atoms with E-state index in [0.717, 1.165) is 30.7 Å². The first-order chi connectivity index (χ1) is 7.99. The standard InChI is InChI=1S/C12H20ClN3O/c1-7-4-9(6-17-7)11(14)5-10-8(2)15-16(3)12(10)13/h7,9,11H,4-6,14H2,1-3H3. The molecule has 1 saturated heterocycles. The molecule has 1 aromatic heterocycles. The van der Waals surface area contributed by atoms with Crippen molar-refractivity contribution in [1.29, 1.82) is 0 Å². The summed E-state index contributed by atoms with van der Waals surface area (Å²) in [7, 11) is 1.85. The van der Waals surface area contributed by atoms with Crippen molar-refractivity contribution >= 4 is 11.6 Å². The highest BCUT2D eigenvalue weighted by Gasteiger charge is 2.28. The molecule has 0 saturated carbocycles. The van der Waals surface area contributed by atoms with E-state index < -0.39 is 0 Å². The summed E-state index contributed by atoms with van der Waals surface area (Å²) in [5, 5.41) is 5.00. The van der Waals surface area contributed by atoms with Gasteiger partial charge >= 0.3 is 0 Å². The molecule has 4 nitrogen and oxygen atoms in total. The van der Waals surface area contributed by atoms with Crippen molar-refractivity contribution < 1.29 is 4.74 Å². The molecule has 0 spiro atoms. The topological polar surface area (TPSA) is 53.1 Å². The van der Waals surface area contributed by atoms with Crippen LogP contribution < -0.4 is 5.73 Å². The van der Waals surface area contributed by atoms with Crippen LogP contribution in [0, 0.1) is 12.8 Å². The van der Waals surface area contributed by atoms with Gasteiger partial charge in [0.15, 0.2) is 0 Å². The second kappa shape index (κ2) is 4.96. The molecule has 3 atom stereocenters. The van der Waals surface area contributed by atoms with Gasteiger partial charge < -0.3 is 10.5 Å². The van der Waals surface area contributed by atoms with Crippen molar-refractivity contribution in [2.45, 2.75) is 38.8 Å². The van der Waals surface area contributed by atoms with Crippen LogP contribution >= 0.6 is 11.6 Å². The Hall–Kier alpha value is -0.580. The van der Waals surface area contributed by atoms with Gasteiger partial charge in [0.05, 0.1) is 18.4 Å². The Morgan fingerprint density at radius 3 is 2.82 bits per heavy atom. The summed E-state index contributed by atoms with van der Waals surface area (Å²) < 4.78 is 7.26. The number of nitrogens with zero attached hydrogens (tertiary/aromatic N) is 2. The van der Waals surface area contributed by atoms with Crippen LogP contribution in [0.3, 0.4) is 0 Å². The molecule has 1 aliphatic heterocycles. The van der Waals surface area contributed by atoms with Crippen molar-refractivity contribution in [3.63, 3.8) is 0 Å². The molecule has 1 aromatic rings. The summed E-state index contributed by atoms with van der Waals surface area (Å²) >= 11 is 6.21. The third-order valence-corrected chi connectivity index (χ3v) is 4.02. The van der Waals surface area contributed by atoms with Gasteiger partial charge in [0.1, 0.15) is 5.15 Å². The molecule has 1 aliphatic rings. The van der Waals surface area contributed by atoms with Crippen LogP contribution in [0.2, 0.25) is 5.15 Å². The summed E-state index contributed by atoms with van der Waals surface area (Å²) in [6.07, 6.45) is 2.15. The molecule has 5 heteroatoms. The quantitative estimate of drug-likeness (QED) is 0.896. The Kier molecular flexibility index (Phi) is 3.76. The summed E-state index contributed by atoms with van der Waals surface area (Å²) in [6, 6.07) is 0.0975.